The molecule has 2 heterocycles. The van der Waals surface area contributed by atoms with Gasteiger partial charge in [-0.2, -0.15) is 13.2 Å². The van der Waals surface area contributed by atoms with Crippen molar-refractivity contribution in [1.29, 1.82) is 0 Å². The van der Waals surface area contributed by atoms with Gasteiger partial charge in [0.05, 0.1) is 29.6 Å². The molecule has 1 aliphatic rings. The van der Waals surface area contributed by atoms with Crippen molar-refractivity contribution in [2.24, 2.45) is 0 Å². The molecule has 1 fully saturated rings. The third-order valence-electron chi connectivity index (χ3n) is 5.91. The predicted octanol–water partition coefficient (Wildman–Crippen LogP) is 3.56. The van der Waals surface area contributed by atoms with Crippen LogP contribution in [-0.4, -0.2) is 46.0 Å². The molecule has 1 aliphatic heterocycles. The molecule has 1 aromatic heterocycles. The van der Waals surface area contributed by atoms with Gasteiger partial charge in [-0.1, -0.05) is 30.3 Å². The zero-order valence-electron chi connectivity index (χ0n) is 18.9. The Balaban J connectivity index is 1.57. The number of carbonyl (C=O) groups is 2. The lowest BCUT2D eigenvalue weighted by molar-refractivity contribution is -0.151. The Bertz CT molecular complexity index is 1280. The highest BCUT2D eigenvalue weighted by Crippen LogP contribution is 2.31. The summed E-state index contributed by atoms with van der Waals surface area (Å²) in [6.07, 6.45) is -3.10. The molecular weight excluding hydrogens is 463 g/mol. The molecule has 0 bridgehead atoms. The van der Waals surface area contributed by atoms with E-state index in [1.54, 1.807) is 29.2 Å². The van der Waals surface area contributed by atoms with E-state index in [0.717, 1.165) is 30.5 Å². The first-order chi connectivity index (χ1) is 16.7. The van der Waals surface area contributed by atoms with Crippen molar-refractivity contribution < 1.29 is 27.5 Å². The third-order valence-corrected chi connectivity index (χ3v) is 5.91. The van der Waals surface area contributed by atoms with Gasteiger partial charge in [-0.15, -0.1) is 0 Å². The van der Waals surface area contributed by atoms with Crippen molar-refractivity contribution >= 4 is 22.9 Å². The maximum atomic E-state index is 13.3. The summed E-state index contributed by atoms with van der Waals surface area (Å²) in [6, 6.07) is 12.1. The number of rotatable bonds is 7. The number of halogens is 3. The lowest BCUT2D eigenvalue weighted by atomic mass is 10.1. The van der Waals surface area contributed by atoms with Crippen LogP contribution in [0.4, 0.5) is 13.2 Å². The minimum absolute atomic E-state index is 0.00272. The lowest BCUT2D eigenvalue weighted by Crippen LogP contribution is -2.32. The molecule has 0 radical (unpaired) electrons. The number of amides is 1. The van der Waals surface area contributed by atoms with E-state index in [2.05, 4.69) is 4.98 Å². The molecule has 1 amide bonds. The quantitative estimate of drug-likeness (QED) is 0.476. The maximum Gasteiger partial charge on any atom is 0.416 e. The van der Waals surface area contributed by atoms with Gasteiger partial charge < -0.3 is 14.2 Å². The molecule has 4 rings (SSSR count). The van der Waals surface area contributed by atoms with Gasteiger partial charge in [0.2, 0.25) is 0 Å². The van der Waals surface area contributed by atoms with Crippen LogP contribution in [0.25, 0.3) is 11.0 Å². The van der Waals surface area contributed by atoms with Gasteiger partial charge in [0.15, 0.2) is 6.61 Å². The monoisotopic (exact) mass is 487 g/mol. The molecule has 184 valence electrons. The van der Waals surface area contributed by atoms with Crippen LogP contribution in [0.3, 0.4) is 0 Å². The van der Waals surface area contributed by atoms with Crippen LogP contribution in [0, 0.1) is 0 Å². The maximum absolute atomic E-state index is 13.3. The van der Waals surface area contributed by atoms with Crippen molar-refractivity contribution in [3.8, 4) is 0 Å². The van der Waals surface area contributed by atoms with Crippen LogP contribution in [0.1, 0.15) is 36.1 Å². The molecule has 3 aromatic rings. The summed E-state index contributed by atoms with van der Waals surface area (Å²) in [5.74, 6) is -0.956. The molecule has 10 heteroatoms. The Morgan fingerprint density at radius 3 is 2.43 bits per heavy atom. The Kier molecular flexibility index (Phi) is 7.18. The van der Waals surface area contributed by atoms with Crippen molar-refractivity contribution in [1.82, 2.24) is 14.5 Å². The summed E-state index contributed by atoms with van der Waals surface area (Å²) in [4.78, 5) is 43.2. The Morgan fingerprint density at radius 2 is 1.74 bits per heavy atom. The highest BCUT2D eigenvalue weighted by molar-refractivity contribution is 5.81. The lowest BCUT2D eigenvalue weighted by Gasteiger charge is -2.15. The normalized spacial score (nSPS) is 13.9. The van der Waals surface area contributed by atoms with Crippen LogP contribution in [0.5, 0.6) is 0 Å². The van der Waals surface area contributed by atoms with Crippen LogP contribution >= 0.6 is 0 Å². The first kappa shape index (κ1) is 24.4. The number of ether oxygens (including phenoxy) is 1. The van der Waals surface area contributed by atoms with Gasteiger partial charge in [-0.25, -0.2) is 4.98 Å². The molecule has 0 saturated carbocycles. The number of fused-ring (bicyclic) bond motifs is 1. The van der Waals surface area contributed by atoms with E-state index in [4.69, 9.17) is 4.74 Å². The van der Waals surface area contributed by atoms with E-state index in [0.29, 0.717) is 13.1 Å². The average molecular weight is 487 g/mol. The number of hydrogen-bond acceptors (Lipinski definition) is 5. The number of carbonyl (C=O) groups excluding carboxylic acids is 2. The number of alkyl halides is 3. The fourth-order valence-electron chi connectivity index (χ4n) is 4.05. The van der Waals surface area contributed by atoms with Gasteiger partial charge in [0, 0.05) is 19.5 Å². The second kappa shape index (κ2) is 10.3. The fraction of sp³-hybridized carbons (Fsp3) is 0.360. The molecule has 0 atom stereocenters. The topological polar surface area (TPSA) is 81.5 Å². The van der Waals surface area contributed by atoms with Gasteiger partial charge in [0.1, 0.15) is 5.69 Å². The Morgan fingerprint density at radius 1 is 1.03 bits per heavy atom. The fourth-order valence-corrected chi connectivity index (χ4v) is 4.05. The van der Waals surface area contributed by atoms with E-state index in [9.17, 15) is 27.6 Å². The molecule has 1 saturated heterocycles. The number of aryl methyl sites for hydroxylation is 1. The molecule has 7 nitrogen and oxygen atoms in total. The second-order valence-electron chi connectivity index (χ2n) is 8.39. The summed E-state index contributed by atoms with van der Waals surface area (Å²) in [6.45, 7) is 1.03. The second-order valence-corrected chi connectivity index (χ2v) is 8.39. The predicted molar refractivity (Wildman–Crippen MR) is 122 cm³/mol. The highest BCUT2D eigenvalue weighted by atomic mass is 19.4. The molecule has 2 aromatic carbocycles. The van der Waals surface area contributed by atoms with Crippen LogP contribution in [0.2, 0.25) is 0 Å². The number of aromatic nitrogens is 2. The number of benzene rings is 2. The summed E-state index contributed by atoms with van der Waals surface area (Å²) in [5.41, 5.74) is -0.379. The first-order valence-corrected chi connectivity index (χ1v) is 11.3. The van der Waals surface area contributed by atoms with Crippen molar-refractivity contribution in [2.75, 3.05) is 19.7 Å². The number of hydrogen-bond donors (Lipinski definition) is 0. The smallest absolute Gasteiger partial charge is 0.416 e. The SMILES string of the molecule is O=C(CCc1nc2cc(C(F)(F)F)ccc2n(Cc2ccccc2)c1=O)OCC(=O)N1CCCC1. The number of esters is 1. The van der Waals surface area contributed by atoms with Crippen molar-refractivity contribution in [3.05, 3.63) is 75.7 Å². The van der Waals surface area contributed by atoms with Crippen molar-refractivity contribution in [3.63, 3.8) is 0 Å². The van der Waals surface area contributed by atoms with Gasteiger partial charge in [-0.05, 0) is 36.6 Å². The van der Waals surface area contributed by atoms with Crippen LogP contribution in [0.15, 0.2) is 53.3 Å². The Hall–Kier alpha value is -3.69. The molecule has 0 spiro atoms. The summed E-state index contributed by atoms with van der Waals surface area (Å²) < 4.78 is 46.2. The number of likely N-dealkylation sites (tertiary alicyclic amines) is 1. The van der Waals surface area contributed by atoms with E-state index >= 15 is 0 Å². The van der Waals surface area contributed by atoms with E-state index in [1.807, 2.05) is 6.07 Å². The molecule has 0 aliphatic carbocycles. The zero-order valence-corrected chi connectivity index (χ0v) is 18.9. The molecular formula is C25H24F3N3O4. The van der Waals surface area contributed by atoms with E-state index in [-0.39, 0.29) is 48.6 Å². The standard InChI is InChI=1S/C25H24F3N3O4/c26-25(27,28)18-8-10-21-20(14-18)29-19(24(34)31(21)15-17-6-2-1-3-7-17)9-11-23(33)35-16-22(32)30-12-4-5-13-30/h1-3,6-8,10,14H,4-5,9,11-13,15-16H2. The zero-order chi connectivity index (χ0) is 25.0. The minimum atomic E-state index is -4.57. The summed E-state index contributed by atoms with van der Waals surface area (Å²) in [7, 11) is 0. The van der Waals surface area contributed by atoms with Crippen molar-refractivity contribution in [2.45, 2.75) is 38.4 Å². The molecule has 35 heavy (non-hydrogen) atoms. The first-order valence-electron chi connectivity index (χ1n) is 11.3. The van der Waals surface area contributed by atoms with Crippen LogP contribution in [-0.2, 0) is 33.5 Å². The van der Waals surface area contributed by atoms with Gasteiger partial charge in [-0.3, -0.25) is 14.4 Å². The van der Waals surface area contributed by atoms with Gasteiger partial charge >= 0.3 is 12.1 Å². The minimum Gasteiger partial charge on any atom is -0.456 e. The average Bonchev–Trinajstić information content (AvgIpc) is 3.38. The summed E-state index contributed by atoms with van der Waals surface area (Å²) >= 11 is 0. The highest BCUT2D eigenvalue weighted by Gasteiger charge is 2.31. The molecule has 0 unspecified atom stereocenters. The van der Waals surface area contributed by atoms with Crippen LogP contribution < -0.4 is 5.56 Å². The number of nitrogens with zero attached hydrogens (tertiary/aromatic N) is 3. The Labute approximate surface area is 199 Å². The third kappa shape index (κ3) is 5.87. The van der Waals surface area contributed by atoms with E-state index in [1.165, 1.54) is 10.6 Å². The summed E-state index contributed by atoms with van der Waals surface area (Å²) in [5, 5.41) is 0. The molecule has 0 N–H and O–H groups in total. The van der Waals surface area contributed by atoms with E-state index < -0.39 is 23.3 Å². The largest absolute Gasteiger partial charge is 0.456 e. The van der Waals surface area contributed by atoms with Gasteiger partial charge in [0.25, 0.3) is 11.5 Å².